The van der Waals surface area contributed by atoms with Gasteiger partial charge in [-0.2, -0.15) is 0 Å². The van der Waals surface area contributed by atoms with Gasteiger partial charge in [-0.3, -0.25) is 14.6 Å². The Morgan fingerprint density at radius 1 is 1.24 bits per heavy atom. The van der Waals surface area contributed by atoms with E-state index in [1.165, 1.54) is 26.6 Å². The molecule has 0 spiro atoms. The van der Waals surface area contributed by atoms with Gasteiger partial charge in [-0.25, -0.2) is 4.98 Å². The summed E-state index contributed by atoms with van der Waals surface area (Å²) in [5.74, 6) is -0.829. The van der Waals surface area contributed by atoms with E-state index in [4.69, 9.17) is 9.47 Å². The van der Waals surface area contributed by atoms with Crippen LogP contribution in [0.25, 0.3) is 0 Å². The first kappa shape index (κ1) is 13.4. The van der Waals surface area contributed by atoms with Crippen molar-refractivity contribution in [1.82, 2.24) is 9.97 Å². The maximum atomic E-state index is 11.8. The van der Waals surface area contributed by atoms with Crippen LogP contribution in [0.3, 0.4) is 0 Å². The molecule has 1 aromatic rings. The van der Waals surface area contributed by atoms with Gasteiger partial charge in [-0.05, 0) is 6.92 Å². The summed E-state index contributed by atoms with van der Waals surface area (Å²) in [6, 6.07) is 0. The smallest absolute Gasteiger partial charge is 0.217 e. The number of ether oxygens (including phenoxy) is 2. The predicted molar refractivity (Wildman–Crippen MR) is 58.5 cm³/mol. The fraction of sp³-hybridized carbons (Fsp3) is 0.455. The Bertz CT molecular complexity index is 416. The molecule has 0 aliphatic heterocycles. The van der Waals surface area contributed by atoms with Gasteiger partial charge in [-0.1, -0.05) is 0 Å². The third-order valence-electron chi connectivity index (χ3n) is 2.17. The lowest BCUT2D eigenvalue weighted by Crippen LogP contribution is -2.27. The summed E-state index contributed by atoms with van der Waals surface area (Å²) in [5, 5.41) is 0. The minimum absolute atomic E-state index is 0.201. The van der Waals surface area contributed by atoms with Crippen molar-refractivity contribution >= 4 is 11.6 Å². The highest BCUT2D eigenvalue weighted by Gasteiger charge is 2.22. The topological polar surface area (TPSA) is 78.4 Å². The van der Waals surface area contributed by atoms with Crippen LogP contribution in [-0.4, -0.2) is 42.0 Å². The molecule has 1 aromatic heterocycles. The molecule has 17 heavy (non-hydrogen) atoms. The number of ketones is 2. The van der Waals surface area contributed by atoms with Crippen LogP contribution >= 0.6 is 0 Å². The molecule has 1 heterocycles. The van der Waals surface area contributed by atoms with E-state index in [9.17, 15) is 9.59 Å². The summed E-state index contributed by atoms with van der Waals surface area (Å²) in [6.45, 7) is 1.66. The van der Waals surface area contributed by atoms with Gasteiger partial charge in [0.25, 0.3) is 0 Å². The molecule has 0 unspecified atom stereocenters. The van der Waals surface area contributed by atoms with Gasteiger partial charge >= 0.3 is 0 Å². The van der Waals surface area contributed by atoms with Crippen molar-refractivity contribution in [2.45, 2.75) is 19.6 Å². The normalized spacial score (nSPS) is 10.6. The Morgan fingerprint density at radius 2 is 1.82 bits per heavy atom. The lowest BCUT2D eigenvalue weighted by Gasteiger charge is -2.11. The first-order valence-corrected chi connectivity index (χ1v) is 4.99. The van der Waals surface area contributed by atoms with Crippen molar-refractivity contribution in [3.8, 4) is 0 Å². The molecule has 92 valence electrons. The van der Waals surface area contributed by atoms with Crippen molar-refractivity contribution in [1.29, 1.82) is 0 Å². The summed E-state index contributed by atoms with van der Waals surface area (Å²) in [6.07, 6.45) is 1.57. The summed E-state index contributed by atoms with van der Waals surface area (Å²) in [7, 11) is 2.67. The zero-order chi connectivity index (χ0) is 12.8. The van der Waals surface area contributed by atoms with Crippen LogP contribution < -0.4 is 0 Å². The summed E-state index contributed by atoms with van der Waals surface area (Å²) >= 11 is 0. The molecule has 1 rings (SSSR count). The molecule has 0 aliphatic carbocycles. The molecule has 0 radical (unpaired) electrons. The third-order valence-corrected chi connectivity index (χ3v) is 2.17. The van der Waals surface area contributed by atoms with E-state index in [1.807, 2.05) is 0 Å². The first-order valence-electron chi connectivity index (χ1n) is 4.99. The predicted octanol–water partition coefficient (Wildman–Crippen LogP) is 0.546. The maximum absolute atomic E-state index is 11.8. The monoisotopic (exact) mass is 238 g/mol. The number of methoxy groups -OCH3 is 2. The number of Topliss-reactive ketones (excluding diaryl/α,β-unsaturated/α-hetero) is 2. The number of carbonyl (C=O) groups excluding carboxylic acids is 2. The maximum Gasteiger partial charge on any atom is 0.217 e. The van der Waals surface area contributed by atoms with E-state index in [0.717, 1.165) is 0 Å². The van der Waals surface area contributed by atoms with Crippen LogP contribution in [0.5, 0.6) is 0 Å². The van der Waals surface area contributed by atoms with Crippen LogP contribution in [-0.2, 0) is 14.3 Å². The molecule has 0 saturated carbocycles. The molecular formula is C11H14N2O4. The number of hydrogen-bond donors (Lipinski definition) is 0. The SMILES string of the molecule is COC(OC)C(=O)CC(=O)c1nccnc1C. The van der Waals surface area contributed by atoms with Gasteiger partial charge in [0.15, 0.2) is 11.6 Å². The Labute approximate surface area is 99.0 Å². The molecule has 6 nitrogen and oxygen atoms in total. The highest BCUT2D eigenvalue weighted by atomic mass is 16.7. The molecule has 0 atom stereocenters. The van der Waals surface area contributed by atoms with E-state index in [1.54, 1.807) is 6.92 Å². The molecule has 0 bridgehead atoms. The van der Waals surface area contributed by atoms with Gasteiger partial charge in [0, 0.05) is 26.6 Å². The molecule has 6 heteroatoms. The van der Waals surface area contributed by atoms with Crippen molar-refractivity contribution < 1.29 is 19.1 Å². The summed E-state index contributed by atoms with van der Waals surface area (Å²) in [4.78, 5) is 31.2. The zero-order valence-electron chi connectivity index (χ0n) is 9.97. The average molecular weight is 238 g/mol. The molecule has 0 fully saturated rings. The van der Waals surface area contributed by atoms with Gasteiger partial charge in [-0.15, -0.1) is 0 Å². The fourth-order valence-electron chi connectivity index (χ4n) is 1.37. The molecule has 0 N–H and O–H groups in total. The second kappa shape index (κ2) is 6.17. The quantitative estimate of drug-likeness (QED) is 0.409. The fourth-order valence-corrected chi connectivity index (χ4v) is 1.37. The number of nitrogens with zero attached hydrogens (tertiary/aromatic N) is 2. The van der Waals surface area contributed by atoms with Crippen LogP contribution in [0, 0.1) is 6.92 Å². The molecule has 0 amide bonds. The van der Waals surface area contributed by atoms with E-state index >= 15 is 0 Å². The van der Waals surface area contributed by atoms with Crippen LogP contribution in [0.4, 0.5) is 0 Å². The van der Waals surface area contributed by atoms with Crippen LogP contribution in [0.2, 0.25) is 0 Å². The minimum atomic E-state index is -1.02. The largest absolute Gasteiger partial charge is 0.349 e. The third kappa shape index (κ3) is 3.40. The lowest BCUT2D eigenvalue weighted by atomic mass is 10.1. The molecular weight excluding hydrogens is 224 g/mol. The minimum Gasteiger partial charge on any atom is -0.349 e. The van der Waals surface area contributed by atoms with E-state index in [2.05, 4.69) is 9.97 Å². The van der Waals surface area contributed by atoms with Gasteiger partial charge < -0.3 is 9.47 Å². The number of hydrogen-bond acceptors (Lipinski definition) is 6. The Balaban J connectivity index is 2.73. The molecule has 0 saturated heterocycles. The van der Waals surface area contributed by atoms with Gasteiger partial charge in [0.2, 0.25) is 6.29 Å². The highest BCUT2D eigenvalue weighted by molar-refractivity contribution is 6.08. The average Bonchev–Trinajstić information content (AvgIpc) is 2.31. The van der Waals surface area contributed by atoms with Gasteiger partial charge in [0.05, 0.1) is 12.1 Å². The number of aromatic nitrogens is 2. The van der Waals surface area contributed by atoms with Gasteiger partial charge in [0.1, 0.15) is 5.69 Å². The zero-order valence-corrected chi connectivity index (χ0v) is 9.97. The van der Waals surface area contributed by atoms with E-state index in [0.29, 0.717) is 5.69 Å². The summed E-state index contributed by atoms with van der Waals surface area (Å²) in [5.41, 5.74) is 0.698. The first-order chi connectivity index (χ1) is 8.10. The van der Waals surface area contributed by atoms with E-state index in [-0.39, 0.29) is 17.9 Å². The second-order valence-electron chi connectivity index (χ2n) is 3.36. The number of rotatable bonds is 6. The van der Waals surface area contributed by atoms with Crippen molar-refractivity contribution in [3.05, 3.63) is 23.8 Å². The van der Waals surface area contributed by atoms with E-state index < -0.39 is 12.1 Å². The van der Waals surface area contributed by atoms with Crippen LogP contribution in [0.15, 0.2) is 12.4 Å². The highest BCUT2D eigenvalue weighted by Crippen LogP contribution is 2.06. The molecule has 0 aromatic carbocycles. The standard InChI is InChI=1S/C11H14N2O4/c1-7-10(13-5-4-12-7)8(14)6-9(15)11(16-2)17-3/h4-5,11H,6H2,1-3H3. The Hall–Kier alpha value is -1.66. The second-order valence-corrected chi connectivity index (χ2v) is 3.36. The number of carbonyl (C=O) groups is 2. The van der Waals surface area contributed by atoms with Crippen molar-refractivity contribution in [2.24, 2.45) is 0 Å². The summed E-state index contributed by atoms with van der Waals surface area (Å²) < 4.78 is 9.54. The Morgan fingerprint density at radius 3 is 2.35 bits per heavy atom. The number of aryl methyl sites for hydroxylation is 1. The Kier molecular flexibility index (Phi) is 4.86. The van der Waals surface area contributed by atoms with Crippen molar-refractivity contribution in [3.63, 3.8) is 0 Å². The van der Waals surface area contributed by atoms with Crippen molar-refractivity contribution in [2.75, 3.05) is 14.2 Å². The molecule has 0 aliphatic rings. The van der Waals surface area contributed by atoms with Crippen LogP contribution in [0.1, 0.15) is 22.6 Å². The lowest BCUT2D eigenvalue weighted by molar-refractivity contribution is -0.155.